The molecule has 0 aliphatic carbocycles. The molecule has 7 heteroatoms. The SMILES string of the molecule is Cc1ccc([S@](=O)c2ccc(S(N)(=O)=O)s2)cc1. The number of aryl methyl sites for hydroxylation is 1. The monoisotopic (exact) mass is 301 g/mol. The largest absolute Gasteiger partial charge is 0.248 e. The van der Waals surface area contributed by atoms with E-state index in [0.717, 1.165) is 16.9 Å². The number of hydrogen-bond acceptors (Lipinski definition) is 4. The molecule has 2 aromatic rings. The molecule has 2 N–H and O–H groups in total. The molecule has 0 unspecified atom stereocenters. The van der Waals surface area contributed by atoms with Gasteiger partial charge in [0.2, 0.25) is 10.0 Å². The van der Waals surface area contributed by atoms with Crippen LogP contribution in [0, 0.1) is 6.92 Å². The molecule has 1 heterocycles. The molecule has 0 aliphatic rings. The van der Waals surface area contributed by atoms with E-state index >= 15 is 0 Å². The number of thiophene rings is 1. The Morgan fingerprint density at radius 1 is 1.11 bits per heavy atom. The number of primary sulfonamides is 1. The summed E-state index contributed by atoms with van der Waals surface area (Å²) in [5, 5.41) is 5.01. The van der Waals surface area contributed by atoms with Gasteiger partial charge < -0.3 is 0 Å². The van der Waals surface area contributed by atoms with Crippen LogP contribution in [0.2, 0.25) is 0 Å². The van der Waals surface area contributed by atoms with Crippen LogP contribution >= 0.6 is 11.3 Å². The van der Waals surface area contributed by atoms with Crippen LogP contribution in [0.3, 0.4) is 0 Å². The maximum Gasteiger partial charge on any atom is 0.247 e. The van der Waals surface area contributed by atoms with Crippen molar-refractivity contribution in [3.63, 3.8) is 0 Å². The summed E-state index contributed by atoms with van der Waals surface area (Å²) in [7, 11) is -5.09. The Morgan fingerprint density at radius 3 is 2.22 bits per heavy atom. The van der Waals surface area contributed by atoms with Crippen LogP contribution in [-0.4, -0.2) is 12.6 Å². The highest BCUT2D eigenvalue weighted by Gasteiger charge is 2.15. The van der Waals surface area contributed by atoms with E-state index in [1.165, 1.54) is 12.1 Å². The highest BCUT2D eigenvalue weighted by molar-refractivity contribution is 7.92. The Kier molecular flexibility index (Phi) is 3.67. The molecule has 0 fully saturated rings. The fourth-order valence-corrected chi connectivity index (χ4v) is 4.62. The van der Waals surface area contributed by atoms with Crippen LogP contribution in [-0.2, 0) is 20.8 Å². The van der Waals surface area contributed by atoms with Crippen molar-refractivity contribution >= 4 is 32.2 Å². The first kappa shape index (κ1) is 13.4. The second-order valence-corrected chi connectivity index (χ2v) is 8.28. The normalized spacial score (nSPS) is 13.4. The van der Waals surface area contributed by atoms with E-state index in [0.29, 0.717) is 9.10 Å². The lowest BCUT2D eigenvalue weighted by Crippen LogP contribution is -2.09. The van der Waals surface area contributed by atoms with Crippen molar-refractivity contribution < 1.29 is 12.6 Å². The van der Waals surface area contributed by atoms with Gasteiger partial charge in [-0.05, 0) is 31.2 Å². The predicted octanol–water partition coefficient (Wildman–Crippen LogP) is 1.87. The molecule has 2 rings (SSSR count). The topological polar surface area (TPSA) is 77.2 Å². The minimum absolute atomic E-state index is 0.0259. The minimum atomic E-state index is -3.72. The quantitative estimate of drug-likeness (QED) is 0.940. The van der Waals surface area contributed by atoms with Crippen molar-refractivity contribution in [2.24, 2.45) is 5.14 Å². The summed E-state index contributed by atoms with van der Waals surface area (Å²) in [5.74, 6) is 0. The summed E-state index contributed by atoms with van der Waals surface area (Å²) in [6, 6.07) is 10.2. The molecule has 96 valence electrons. The van der Waals surface area contributed by atoms with Crippen molar-refractivity contribution in [2.45, 2.75) is 20.2 Å². The molecule has 18 heavy (non-hydrogen) atoms. The Balaban J connectivity index is 2.35. The van der Waals surface area contributed by atoms with Gasteiger partial charge >= 0.3 is 0 Å². The molecular weight excluding hydrogens is 290 g/mol. The van der Waals surface area contributed by atoms with Crippen LogP contribution in [0.1, 0.15) is 5.56 Å². The standard InChI is InChI=1S/C11H11NO3S3/c1-8-2-4-9(5-3-8)17(13)10-6-7-11(16-10)18(12,14)15/h2-7H,1H3,(H2,12,14,15)/t17-/m0/s1. The molecule has 0 saturated heterocycles. The molecular formula is C11H11NO3S3. The zero-order valence-electron chi connectivity index (χ0n) is 9.49. The summed E-state index contributed by atoms with van der Waals surface area (Å²) in [4.78, 5) is 0.642. The number of benzene rings is 1. The smallest absolute Gasteiger partial charge is 0.247 e. The third-order valence-electron chi connectivity index (χ3n) is 2.25. The summed E-state index contributed by atoms with van der Waals surface area (Å²) >= 11 is 0.934. The molecule has 0 aliphatic heterocycles. The molecule has 0 spiro atoms. The average Bonchev–Trinajstić information content (AvgIpc) is 2.78. The molecule has 0 radical (unpaired) electrons. The highest BCUT2D eigenvalue weighted by Crippen LogP contribution is 2.26. The number of sulfonamides is 1. The number of hydrogen-bond donors (Lipinski definition) is 1. The minimum Gasteiger partial charge on any atom is -0.248 e. The van der Waals surface area contributed by atoms with Gasteiger partial charge in [0.1, 0.15) is 4.21 Å². The van der Waals surface area contributed by atoms with Crippen LogP contribution in [0.25, 0.3) is 0 Å². The van der Waals surface area contributed by atoms with E-state index in [2.05, 4.69) is 0 Å². The van der Waals surface area contributed by atoms with Gasteiger partial charge in [-0.1, -0.05) is 17.7 Å². The van der Waals surface area contributed by atoms with Crippen molar-refractivity contribution in [2.75, 3.05) is 0 Å². The van der Waals surface area contributed by atoms with E-state index in [4.69, 9.17) is 5.14 Å². The van der Waals surface area contributed by atoms with Gasteiger partial charge in [-0.15, -0.1) is 11.3 Å². The molecule has 0 bridgehead atoms. The third-order valence-corrected chi connectivity index (χ3v) is 6.48. The fourth-order valence-electron chi connectivity index (χ4n) is 1.33. The first-order valence-electron chi connectivity index (χ1n) is 4.99. The van der Waals surface area contributed by atoms with Crippen LogP contribution in [0.15, 0.2) is 49.7 Å². The van der Waals surface area contributed by atoms with Gasteiger partial charge in [-0.2, -0.15) is 0 Å². The average molecular weight is 301 g/mol. The number of rotatable bonds is 3. The lowest BCUT2D eigenvalue weighted by Gasteiger charge is -1.99. The first-order chi connectivity index (χ1) is 8.38. The van der Waals surface area contributed by atoms with Gasteiger partial charge in [0, 0.05) is 4.90 Å². The highest BCUT2D eigenvalue weighted by atomic mass is 32.3. The molecule has 4 nitrogen and oxygen atoms in total. The van der Waals surface area contributed by atoms with Crippen LogP contribution in [0.5, 0.6) is 0 Å². The third kappa shape index (κ3) is 2.86. The number of nitrogens with two attached hydrogens (primary N) is 1. The Bertz CT molecular complexity index is 687. The second kappa shape index (κ2) is 4.93. The lowest BCUT2D eigenvalue weighted by molar-refractivity contribution is 0.600. The molecule has 1 atom stereocenters. The van der Waals surface area contributed by atoms with E-state index in [1.54, 1.807) is 12.1 Å². The summed E-state index contributed by atoms with van der Waals surface area (Å²) in [5.41, 5.74) is 1.08. The van der Waals surface area contributed by atoms with Crippen molar-refractivity contribution in [3.8, 4) is 0 Å². The van der Waals surface area contributed by atoms with E-state index < -0.39 is 20.8 Å². The summed E-state index contributed by atoms with van der Waals surface area (Å²) in [6.07, 6.45) is 0. The van der Waals surface area contributed by atoms with E-state index in [1.807, 2.05) is 19.1 Å². The van der Waals surface area contributed by atoms with Gasteiger partial charge in [0.05, 0.1) is 15.0 Å². The predicted molar refractivity (Wildman–Crippen MR) is 71.5 cm³/mol. The molecule has 1 aromatic carbocycles. The van der Waals surface area contributed by atoms with Gasteiger partial charge in [-0.3, -0.25) is 0 Å². The zero-order valence-corrected chi connectivity index (χ0v) is 11.9. The van der Waals surface area contributed by atoms with Crippen molar-refractivity contribution in [1.82, 2.24) is 0 Å². The lowest BCUT2D eigenvalue weighted by atomic mass is 10.2. The first-order valence-corrected chi connectivity index (χ1v) is 8.50. The van der Waals surface area contributed by atoms with Crippen molar-refractivity contribution in [3.05, 3.63) is 42.0 Å². The summed E-state index contributed by atoms with van der Waals surface area (Å²) < 4.78 is 35.0. The molecule has 0 amide bonds. The fraction of sp³-hybridized carbons (Fsp3) is 0.0909. The van der Waals surface area contributed by atoms with Crippen molar-refractivity contribution in [1.29, 1.82) is 0 Å². The second-order valence-electron chi connectivity index (χ2n) is 3.70. The Labute approximate surface area is 112 Å². The van der Waals surface area contributed by atoms with Crippen LogP contribution < -0.4 is 5.14 Å². The maximum absolute atomic E-state index is 12.2. The zero-order chi connectivity index (χ0) is 13.3. The maximum atomic E-state index is 12.2. The summed E-state index contributed by atoms with van der Waals surface area (Å²) in [6.45, 7) is 1.94. The van der Waals surface area contributed by atoms with Gasteiger partial charge in [0.15, 0.2) is 0 Å². The van der Waals surface area contributed by atoms with E-state index in [-0.39, 0.29) is 4.21 Å². The molecule has 1 aromatic heterocycles. The Morgan fingerprint density at radius 2 is 1.72 bits per heavy atom. The van der Waals surface area contributed by atoms with Gasteiger partial charge in [0.25, 0.3) is 0 Å². The van der Waals surface area contributed by atoms with E-state index in [9.17, 15) is 12.6 Å². The van der Waals surface area contributed by atoms with Gasteiger partial charge in [-0.25, -0.2) is 17.8 Å². The Hall–Kier alpha value is -1.02. The molecule has 0 saturated carbocycles. The van der Waals surface area contributed by atoms with Crippen LogP contribution in [0.4, 0.5) is 0 Å².